The van der Waals surface area contributed by atoms with Gasteiger partial charge in [-0.1, -0.05) is 12.1 Å². The molecule has 0 saturated carbocycles. The second kappa shape index (κ2) is 4.93. The summed E-state index contributed by atoms with van der Waals surface area (Å²) >= 11 is 0. The zero-order valence-corrected chi connectivity index (χ0v) is 9.21. The number of benzene rings is 1. The molecule has 2 rings (SSSR count). The number of rotatable bonds is 3. The fraction of sp³-hybridized carbons (Fsp3) is 0.154. The van der Waals surface area contributed by atoms with E-state index in [1.807, 2.05) is 4.57 Å². The molecule has 0 aliphatic heterocycles. The standard InChI is InChI=1S/C13H13FN2O/c14-11-3-1-10(2-4-11)13(15)9-16-7-5-12(17)6-8-16/h1-8,13H,9,15H2. The SMILES string of the molecule is NC(Cn1ccc(=O)cc1)c1ccc(F)cc1. The number of halogens is 1. The maximum absolute atomic E-state index is 12.7. The summed E-state index contributed by atoms with van der Waals surface area (Å²) in [6, 6.07) is 8.86. The van der Waals surface area contributed by atoms with E-state index < -0.39 is 0 Å². The van der Waals surface area contributed by atoms with Gasteiger partial charge in [-0.2, -0.15) is 0 Å². The van der Waals surface area contributed by atoms with Crippen LogP contribution in [-0.4, -0.2) is 4.57 Å². The summed E-state index contributed by atoms with van der Waals surface area (Å²) in [5, 5.41) is 0. The highest BCUT2D eigenvalue weighted by atomic mass is 19.1. The lowest BCUT2D eigenvalue weighted by Crippen LogP contribution is -2.18. The van der Waals surface area contributed by atoms with Crippen LogP contribution in [0.25, 0.3) is 0 Å². The Balaban J connectivity index is 2.11. The van der Waals surface area contributed by atoms with Crippen molar-refractivity contribution in [2.75, 3.05) is 0 Å². The largest absolute Gasteiger partial charge is 0.352 e. The van der Waals surface area contributed by atoms with Gasteiger partial charge in [0, 0.05) is 37.1 Å². The van der Waals surface area contributed by atoms with E-state index >= 15 is 0 Å². The van der Waals surface area contributed by atoms with E-state index in [1.165, 1.54) is 24.3 Å². The Bertz CT molecular complexity index is 528. The molecular formula is C13H13FN2O. The zero-order chi connectivity index (χ0) is 12.3. The maximum atomic E-state index is 12.7. The zero-order valence-electron chi connectivity index (χ0n) is 9.21. The molecule has 0 bridgehead atoms. The van der Waals surface area contributed by atoms with Crippen molar-refractivity contribution >= 4 is 0 Å². The lowest BCUT2D eigenvalue weighted by molar-refractivity contribution is 0.570. The van der Waals surface area contributed by atoms with E-state index in [4.69, 9.17) is 5.73 Å². The molecule has 0 radical (unpaired) electrons. The molecule has 88 valence electrons. The lowest BCUT2D eigenvalue weighted by Gasteiger charge is -2.14. The van der Waals surface area contributed by atoms with E-state index in [0.717, 1.165) is 5.56 Å². The Morgan fingerprint density at radius 3 is 2.29 bits per heavy atom. The normalized spacial score (nSPS) is 12.4. The average Bonchev–Trinajstić information content (AvgIpc) is 2.33. The molecule has 1 aromatic carbocycles. The van der Waals surface area contributed by atoms with E-state index in [-0.39, 0.29) is 17.3 Å². The van der Waals surface area contributed by atoms with Gasteiger partial charge >= 0.3 is 0 Å². The van der Waals surface area contributed by atoms with Crippen molar-refractivity contribution in [3.05, 3.63) is 70.4 Å². The molecule has 0 spiro atoms. The van der Waals surface area contributed by atoms with Gasteiger partial charge in [0.2, 0.25) is 0 Å². The molecule has 1 aromatic heterocycles. The van der Waals surface area contributed by atoms with Gasteiger partial charge in [0.25, 0.3) is 0 Å². The van der Waals surface area contributed by atoms with Gasteiger partial charge in [-0.25, -0.2) is 4.39 Å². The second-order valence-electron chi connectivity index (χ2n) is 3.89. The number of hydrogen-bond donors (Lipinski definition) is 1. The van der Waals surface area contributed by atoms with Crippen molar-refractivity contribution in [1.29, 1.82) is 0 Å². The minimum absolute atomic E-state index is 0.0309. The van der Waals surface area contributed by atoms with E-state index in [9.17, 15) is 9.18 Å². The van der Waals surface area contributed by atoms with Crippen LogP contribution in [0, 0.1) is 5.82 Å². The van der Waals surface area contributed by atoms with Gasteiger partial charge in [0.05, 0.1) is 0 Å². The summed E-state index contributed by atoms with van der Waals surface area (Å²) in [6.07, 6.45) is 3.37. The van der Waals surface area contributed by atoms with Crippen LogP contribution in [0.15, 0.2) is 53.6 Å². The molecule has 1 atom stereocenters. The summed E-state index contributed by atoms with van der Waals surface area (Å²) < 4.78 is 14.6. The number of nitrogens with zero attached hydrogens (tertiary/aromatic N) is 1. The smallest absolute Gasteiger partial charge is 0.181 e. The molecule has 17 heavy (non-hydrogen) atoms. The molecule has 2 N–H and O–H groups in total. The molecule has 1 heterocycles. The fourth-order valence-electron chi connectivity index (χ4n) is 1.61. The predicted octanol–water partition coefficient (Wildman–Crippen LogP) is 1.69. The molecule has 2 aromatic rings. The molecule has 0 saturated heterocycles. The van der Waals surface area contributed by atoms with Gasteiger partial charge in [-0.05, 0) is 17.7 Å². The Morgan fingerprint density at radius 1 is 1.12 bits per heavy atom. The lowest BCUT2D eigenvalue weighted by atomic mass is 10.1. The molecular weight excluding hydrogens is 219 g/mol. The van der Waals surface area contributed by atoms with Crippen molar-refractivity contribution in [2.45, 2.75) is 12.6 Å². The Morgan fingerprint density at radius 2 is 1.71 bits per heavy atom. The van der Waals surface area contributed by atoms with Crippen LogP contribution in [-0.2, 0) is 6.54 Å². The monoisotopic (exact) mass is 232 g/mol. The van der Waals surface area contributed by atoms with E-state index in [2.05, 4.69) is 0 Å². The minimum Gasteiger partial charge on any atom is -0.352 e. The van der Waals surface area contributed by atoms with Crippen molar-refractivity contribution in [3.8, 4) is 0 Å². The first kappa shape index (κ1) is 11.5. The predicted molar refractivity (Wildman–Crippen MR) is 64.0 cm³/mol. The summed E-state index contributed by atoms with van der Waals surface area (Å²) in [7, 11) is 0. The molecule has 0 amide bonds. The maximum Gasteiger partial charge on any atom is 0.181 e. The van der Waals surface area contributed by atoms with Gasteiger partial charge in [0.1, 0.15) is 5.82 Å². The fourth-order valence-corrected chi connectivity index (χ4v) is 1.61. The third-order valence-corrected chi connectivity index (χ3v) is 2.57. The number of hydrogen-bond acceptors (Lipinski definition) is 2. The van der Waals surface area contributed by atoms with Crippen LogP contribution in [0.4, 0.5) is 4.39 Å². The highest BCUT2D eigenvalue weighted by molar-refractivity contribution is 5.19. The van der Waals surface area contributed by atoms with Gasteiger partial charge in [0.15, 0.2) is 5.43 Å². The van der Waals surface area contributed by atoms with Crippen LogP contribution < -0.4 is 11.2 Å². The first-order chi connectivity index (χ1) is 8.15. The van der Waals surface area contributed by atoms with E-state index in [1.54, 1.807) is 24.5 Å². The Labute approximate surface area is 98.3 Å². The minimum atomic E-state index is -0.274. The summed E-state index contributed by atoms with van der Waals surface area (Å²) in [4.78, 5) is 10.9. The number of nitrogens with two attached hydrogens (primary N) is 1. The van der Waals surface area contributed by atoms with Crippen LogP contribution in [0.3, 0.4) is 0 Å². The molecule has 4 heteroatoms. The summed E-state index contributed by atoms with van der Waals surface area (Å²) in [6.45, 7) is 0.548. The quantitative estimate of drug-likeness (QED) is 0.875. The van der Waals surface area contributed by atoms with Crippen LogP contribution in [0.2, 0.25) is 0 Å². The van der Waals surface area contributed by atoms with Gasteiger partial charge < -0.3 is 10.3 Å². The highest BCUT2D eigenvalue weighted by Gasteiger charge is 2.05. The number of pyridine rings is 1. The van der Waals surface area contributed by atoms with Gasteiger partial charge in [-0.15, -0.1) is 0 Å². The Hall–Kier alpha value is -1.94. The van der Waals surface area contributed by atoms with Crippen molar-refractivity contribution in [2.24, 2.45) is 5.73 Å². The first-order valence-corrected chi connectivity index (χ1v) is 5.32. The summed E-state index contributed by atoms with van der Waals surface area (Å²) in [5.74, 6) is -0.274. The molecule has 0 fully saturated rings. The van der Waals surface area contributed by atoms with Crippen molar-refractivity contribution in [1.82, 2.24) is 4.57 Å². The van der Waals surface area contributed by atoms with Gasteiger partial charge in [-0.3, -0.25) is 4.79 Å². The van der Waals surface area contributed by atoms with Crippen LogP contribution in [0.1, 0.15) is 11.6 Å². The highest BCUT2D eigenvalue weighted by Crippen LogP contribution is 2.12. The molecule has 0 aliphatic rings. The summed E-state index contributed by atoms with van der Waals surface area (Å²) in [5.41, 5.74) is 6.83. The third kappa shape index (κ3) is 3.01. The van der Waals surface area contributed by atoms with Crippen molar-refractivity contribution < 1.29 is 4.39 Å². The second-order valence-corrected chi connectivity index (χ2v) is 3.89. The van der Waals surface area contributed by atoms with Crippen molar-refractivity contribution in [3.63, 3.8) is 0 Å². The Kier molecular flexibility index (Phi) is 3.35. The topological polar surface area (TPSA) is 48.0 Å². The molecule has 1 unspecified atom stereocenters. The van der Waals surface area contributed by atoms with E-state index in [0.29, 0.717) is 6.54 Å². The number of aromatic nitrogens is 1. The van der Waals surface area contributed by atoms with Crippen LogP contribution in [0.5, 0.6) is 0 Å². The first-order valence-electron chi connectivity index (χ1n) is 5.32. The third-order valence-electron chi connectivity index (χ3n) is 2.57. The molecule has 3 nitrogen and oxygen atoms in total. The average molecular weight is 232 g/mol. The van der Waals surface area contributed by atoms with Crippen LogP contribution >= 0.6 is 0 Å². The molecule has 0 aliphatic carbocycles.